The van der Waals surface area contributed by atoms with Crippen LogP contribution in [0.25, 0.3) is 0 Å². The standard InChI is InChI=1S/C10H12.C5H11NO/c1-2-6-10-8-4-3-7-9(10)5-1;1-3-4(2)5(6)7/h1-2,5-6H,3-4,7-8H2;4H,3H2,1-2H3,(H2,6,7). The largest absolute Gasteiger partial charge is 0.369 e. The van der Waals surface area contributed by atoms with Crippen LogP contribution in [0, 0.1) is 5.92 Å². The van der Waals surface area contributed by atoms with Gasteiger partial charge in [0.15, 0.2) is 0 Å². The minimum absolute atomic E-state index is 0.0417. The molecule has 0 saturated heterocycles. The van der Waals surface area contributed by atoms with E-state index in [4.69, 9.17) is 5.73 Å². The number of carbonyl (C=O) groups is 1. The number of benzene rings is 1. The summed E-state index contributed by atoms with van der Waals surface area (Å²) >= 11 is 0. The summed E-state index contributed by atoms with van der Waals surface area (Å²) in [5.74, 6) is -0.164. The van der Waals surface area contributed by atoms with Gasteiger partial charge in [-0.1, -0.05) is 38.1 Å². The van der Waals surface area contributed by atoms with Gasteiger partial charge in [0.25, 0.3) is 0 Å². The van der Waals surface area contributed by atoms with Gasteiger partial charge in [0, 0.05) is 5.92 Å². The van der Waals surface area contributed by atoms with Gasteiger partial charge in [0.2, 0.25) is 5.91 Å². The van der Waals surface area contributed by atoms with Crippen molar-refractivity contribution in [1.29, 1.82) is 0 Å². The molecule has 2 nitrogen and oxygen atoms in total. The zero-order valence-corrected chi connectivity index (χ0v) is 10.9. The number of nitrogens with two attached hydrogens (primary N) is 1. The molecule has 1 unspecified atom stereocenters. The molecule has 2 N–H and O–H groups in total. The van der Waals surface area contributed by atoms with E-state index in [1.165, 1.54) is 25.7 Å². The summed E-state index contributed by atoms with van der Waals surface area (Å²) in [6, 6.07) is 8.80. The van der Waals surface area contributed by atoms with Crippen molar-refractivity contribution in [2.75, 3.05) is 0 Å². The topological polar surface area (TPSA) is 43.1 Å². The second kappa shape index (κ2) is 7.10. The minimum Gasteiger partial charge on any atom is -0.369 e. The molecule has 1 atom stereocenters. The first kappa shape index (κ1) is 13.8. The third-order valence-electron chi connectivity index (χ3n) is 3.36. The normalized spacial score (nSPS) is 15.2. The van der Waals surface area contributed by atoms with Gasteiger partial charge >= 0.3 is 0 Å². The van der Waals surface area contributed by atoms with Gasteiger partial charge in [-0.25, -0.2) is 0 Å². The summed E-state index contributed by atoms with van der Waals surface area (Å²) in [4.78, 5) is 10.2. The maximum atomic E-state index is 10.2. The van der Waals surface area contributed by atoms with E-state index >= 15 is 0 Å². The maximum Gasteiger partial charge on any atom is 0.220 e. The lowest BCUT2D eigenvalue weighted by atomic mass is 9.92. The third kappa shape index (κ3) is 4.59. The fourth-order valence-corrected chi connectivity index (χ4v) is 1.88. The molecule has 0 spiro atoms. The molecule has 0 radical (unpaired) electrons. The van der Waals surface area contributed by atoms with Gasteiger partial charge in [-0.2, -0.15) is 0 Å². The fourth-order valence-electron chi connectivity index (χ4n) is 1.88. The molecule has 1 aliphatic carbocycles. The Morgan fingerprint density at radius 3 is 2.00 bits per heavy atom. The molecule has 0 aromatic heterocycles. The summed E-state index contributed by atoms with van der Waals surface area (Å²) in [6.45, 7) is 3.76. The predicted molar refractivity (Wildman–Crippen MR) is 71.7 cm³/mol. The summed E-state index contributed by atoms with van der Waals surface area (Å²) in [5, 5.41) is 0. The first-order valence-electron chi connectivity index (χ1n) is 6.51. The molecular weight excluding hydrogens is 210 g/mol. The lowest BCUT2D eigenvalue weighted by Gasteiger charge is -2.13. The molecule has 17 heavy (non-hydrogen) atoms. The number of carbonyl (C=O) groups excluding carboxylic acids is 1. The van der Waals surface area contributed by atoms with E-state index < -0.39 is 0 Å². The van der Waals surface area contributed by atoms with Gasteiger partial charge in [-0.05, 0) is 43.2 Å². The molecule has 0 heterocycles. The van der Waals surface area contributed by atoms with E-state index in [-0.39, 0.29) is 11.8 Å². The molecule has 1 amide bonds. The van der Waals surface area contributed by atoms with Crippen molar-refractivity contribution in [3.63, 3.8) is 0 Å². The number of hydrogen-bond donors (Lipinski definition) is 1. The molecule has 2 heteroatoms. The first-order chi connectivity index (χ1) is 8.15. The smallest absolute Gasteiger partial charge is 0.220 e. The van der Waals surface area contributed by atoms with E-state index in [2.05, 4.69) is 24.3 Å². The van der Waals surface area contributed by atoms with Crippen molar-refractivity contribution in [3.8, 4) is 0 Å². The van der Waals surface area contributed by atoms with Crippen LogP contribution in [0.1, 0.15) is 44.2 Å². The molecule has 1 aliphatic rings. The van der Waals surface area contributed by atoms with Gasteiger partial charge < -0.3 is 5.73 Å². The number of fused-ring (bicyclic) bond motifs is 1. The van der Waals surface area contributed by atoms with Crippen molar-refractivity contribution in [2.24, 2.45) is 11.7 Å². The zero-order chi connectivity index (χ0) is 12.7. The highest BCUT2D eigenvalue weighted by Gasteiger charge is 2.06. The zero-order valence-electron chi connectivity index (χ0n) is 10.9. The van der Waals surface area contributed by atoms with E-state index in [0.717, 1.165) is 6.42 Å². The molecule has 0 fully saturated rings. The van der Waals surface area contributed by atoms with Crippen LogP contribution in [0.4, 0.5) is 0 Å². The highest BCUT2D eigenvalue weighted by molar-refractivity contribution is 5.76. The number of aryl methyl sites for hydroxylation is 2. The van der Waals surface area contributed by atoms with E-state index in [1.54, 1.807) is 11.1 Å². The van der Waals surface area contributed by atoms with Crippen molar-refractivity contribution in [3.05, 3.63) is 35.4 Å². The van der Waals surface area contributed by atoms with Crippen LogP contribution in [-0.2, 0) is 17.6 Å². The number of primary amides is 1. The van der Waals surface area contributed by atoms with Gasteiger partial charge in [0.05, 0.1) is 0 Å². The van der Waals surface area contributed by atoms with E-state index in [9.17, 15) is 4.79 Å². The number of hydrogen-bond acceptors (Lipinski definition) is 1. The monoisotopic (exact) mass is 233 g/mol. The van der Waals surface area contributed by atoms with Crippen LogP contribution in [-0.4, -0.2) is 5.91 Å². The van der Waals surface area contributed by atoms with Gasteiger partial charge in [0.1, 0.15) is 0 Å². The Balaban J connectivity index is 0.000000185. The Bertz CT molecular complexity index is 335. The Morgan fingerprint density at radius 1 is 1.24 bits per heavy atom. The summed E-state index contributed by atoms with van der Waals surface area (Å²) in [7, 11) is 0. The van der Waals surface area contributed by atoms with Crippen molar-refractivity contribution < 1.29 is 4.79 Å². The van der Waals surface area contributed by atoms with Gasteiger partial charge in [-0.15, -0.1) is 0 Å². The molecule has 94 valence electrons. The molecule has 1 aromatic rings. The third-order valence-corrected chi connectivity index (χ3v) is 3.36. The van der Waals surface area contributed by atoms with Gasteiger partial charge in [-0.3, -0.25) is 4.79 Å². The van der Waals surface area contributed by atoms with E-state index in [0.29, 0.717) is 0 Å². The summed E-state index contributed by atoms with van der Waals surface area (Å²) in [6.07, 6.45) is 6.22. The van der Waals surface area contributed by atoms with Crippen LogP contribution in [0.3, 0.4) is 0 Å². The lowest BCUT2D eigenvalue weighted by Crippen LogP contribution is -2.19. The van der Waals surface area contributed by atoms with Crippen molar-refractivity contribution in [1.82, 2.24) is 0 Å². The molecule has 0 bridgehead atoms. The number of rotatable bonds is 2. The van der Waals surface area contributed by atoms with Crippen LogP contribution < -0.4 is 5.73 Å². The number of amides is 1. The van der Waals surface area contributed by atoms with Crippen LogP contribution >= 0.6 is 0 Å². The Kier molecular flexibility index (Phi) is 5.75. The lowest BCUT2D eigenvalue weighted by molar-refractivity contribution is -0.121. The summed E-state index contributed by atoms with van der Waals surface area (Å²) in [5.41, 5.74) is 8.06. The highest BCUT2D eigenvalue weighted by Crippen LogP contribution is 2.19. The molecule has 2 rings (SSSR count). The molecule has 0 aliphatic heterocycles. The van der Waals surface area contributed by atoms with Crippen molar-refractivity contribution >= 4 is 5.91 Å². The highest BCUT2D eigenvalue weighted by atomic mass is 16.1. The predicted octanol–water partition coefficient (Wildman–Crippen LogP) is 3.08. The Morgan fingerprint density at radius 2 is 1.71 bits per heavy atom. The Hall–Kier alpha value is -1.31. The SMILES string of the molecule is CCC(C)C(N)=O.c1ccc2c(c1)CCCC2. The van der Waals surface area contributed by atoms with Crippen LogP contribution in [0.5, 0.6) is 0 Å². The first-order valence-corrected chi connectivity index (χ1v) is 6.51. The minimum atomic E-state index is -0.206. The van der Waals surface area contributed by atoms with Crippen LogP contribution in [0.15, 0.2) is 24.3 Å². The molecule has 1 aromatic carbocycles. The quantitative estimate of drug-likeness (QED) is 0.838. The average Bonchev–Trinajstić information content (AvgIpc) is 2.38. The maximum absolute atomic E-state index is 10.2. The fraction of sp³-hybridized carbons (Fsp3) is 0.533. The molecular formula is C15H23NO. The Labute approximate surface area is 104 Å². The van der Waals surface area contributed by atoms with E-state index in [1.807, 2.05) is 13.8 Å². The second-order valence-electron chi connectivity index (χ2n) is 4.69. The van der Waals surface area contributed by atoms with Crippen LogP contribution in [0.2, 0.25) is 0 Å². The molecule has 0 saturated carbocycles. The second-order valence-corrected chi connectivity index (χ2v) is 4.69. The summed E-state index contributed by atoms with van der Waals surface area (Å²) < 4.78 is 0. The average molecular weight is 233 g/mol. The van der Waals surface area contributed by atoms with Crippen molar-refractivity contribution in [2.45, 2.75) is 46.0 Å².